The third-order valence-corrected chi connectivity index (χ3v) is 6.83. The molecule has 0 N–H and O–H groups in total. The Morgan fingerprint density at radius 3 is 2.67 bits per heavy atom. The van der Waals surface area contributed by atoms with Crippen molar-refractivity contribution in [1.82, 2.24) is 0 Å². The Balaban J connectivity index is 1.93. The van der Waals surface area contributed by atoms with Crippen molar-refractivity contribution in [2.75, 3.05) is 0 Å². The van der Waals surface area contributed by atoms with Crippen molar-refractivity contribution in [2.24, 2.45) is 46.8 Å². The third-order valence-electron chi connectivity index (χ3n) is 6.83. The van der Waals surface area contributed by atoms with Crippen molar-refractivity contribution in [3.63, 3.8) is 0 Å². The Labute approximate surface area is 73.7 Å². The summed E-state index contributed by atoms with van der Waals surface area (Å²) in [6.07, 6.45) is 4.96. The quantitative estimate of drug-likeness (QED) is 0.511. The van der Waals surface area contributed by atoms with Crippen LogP contribution in [0, 0.1) is 46.8 Å². The molecular formula is C12H16. The SMILES string of the molecule is CC12CC3C4CC5C(CC1C35)C42. The van der Waals surface area contributed by atoms with E-state index in [0.717, 1.165) is 5.41 Å². The van der Waals surface area contributed by atoms with Gasteiger partial charge in [0.1, 0.15) is 0 Å². The molecule has 6 fully saturated rings. The molecule has 6 rings (SSSR count). The second kappa shape index (κ2) is 1.22. The first-order valence-electron chi connectivity index (χ1n) is 5.81. The second-order valence-corrected chi connectivity index (χ2v) is 6.55. The summed E-state index contributed by atoms with van der Waals surface area (Å²) in [4.78, 5) is 0. The summed E-state index contributed by atoms with van der Waals surface area (Å²) in [5, 5.41) is 0. The lowest BCUT2D eigenvalue weighted by Gasteiger charge is -2.40. The maximum atomic E-state index is 2.64. The minimum absolute atomic E-state index is 0.873. The number of hydrogen-bond donors (Lipinski definition) is 0. The van der Waals surface area contributed by atoms with Gasteiger partial charge in [-0.1, -0.05) is 6.92 Å². The average molecular weight is 160 g/mol. The van der Waals surface area contributed by atoms with E-state index >= 15 is 0 Å². The zero-order valence-corrected chi connectivity index (χ0v) is 7.66. The molecule has 6 saturated carbocycles. The molecule has 0 radical (unpaired) electrons. The molecule has 6 aliphatic carbocycles. The average Bonchev–Trinajstić information content (AvgIpc) is 2.55. The Bertz CT molecular complexity index is 292. The Morgan fingerprint density at radius 2 is 1.83 bits per heavy atom. The molecule has 0 spiro atoms. The predicted molar refractivity (Wildman–Crippen MR) is 46.4 cm³/mol. The number of hydrogen-bond acceptors (Lipinski definition) is 0. The summed E-state index contributed by atoms with van der Waals surface area (Å²) in [6.45, 7) is 2.64. The second-order valence-electron chi connectivity index (χ2n) is 6.55. The van der Waals surface area contributed by atoms with Crippen LogP contribution in [0.5, 0.6) is 0 Å². The largest absolute Gasteiger partial charge is 0.0591 e. The summed E-state index contributed by atoms with van der Waals surface area (Å²) in [5.74, 6) is 8.61. The smallest absolute Gasteiger partial charge is 0.0258 e. The van der Waals surface area contributed by atoms with Crippen LogP contribution in [0.4, 0.5) is 0 Å². The monoisotopic (exact) mass is 160 g/mol. The highest BCUT2D eigenvalue weighted by atomic mass is 14.9. The molecule has 8 unspecified atom stereocenters. The summed E-state index contributed by atoms with van der Waals surface area (Å²) in [6, 6.07) is 0. The summed E-state index contributed by atoms with van der Waals surface area (Å²) >= 11 is 0. The van der Waals surface area contributed by atoms with E-state index in [0.29, 0.717) is 0 Å². The lowest BCUT2D eigenvalue weighted by Crippen LogP contribution is -2.36. The lowest BCUT2D eigenvalue weighted by molar-refractivity contribution is 0.0692. The molecule has 8 atom stereocenters. The zero-order valence-electron chi connectivity index (χ0n) is 7.66. The fourth-order valence-electron chi connectivity index (χ4n) is 7.09. The molecule has 0 nitrogen and oxygen atoms in total. The molecule has 0 aromatic rings. The van der Waals surface area contributed by atoms with Crippen LogP contribution < -0.4 is 0 Å². The topological polar surface area (TPSA) is 0 Å². The van der Waals surface area contributed by atoms with E-state index in [2.05, 4.69) is 6.92 Å². The maximum Gasteiger partial charge on any atom is -0.0258 e. The van der Waals surface area contributed by atoms with Gasteiger partial charge in [0.05, 0.1) is 0 Å². The Kier molecular flexibility index (Phi) is 0.578. The van der Waals surface area contributed by atoms with Crippen LogP contribution in [-0.4, -0.2) is 0 Å². The number of rotatable bonds is 0. The van der Waals surface area contributed by atoms with Crippen LogP contribution in [0.1, 0.15) is 26.2 Å². The van der Waals surface area contributed by atoms with Crippen molar-refractivity contribution in [1.29, 1.82) is 0 Å². The van der Waals surface area contributed by atoms with Gasteiger partial charge in [-0.05, 0) is 66.1 Å². The third kappa shape index (κ3) is 0.288. The van der Waals surface area contributed by atoms with Gasteiger partial charge in [0.15, 0.2) is 0 Å². The van der Waals surface area contributed by atoms with Crippen LogP contribution in [-0.2, 0) is 0 Å². The normalized spacial score (nSPS) is 85.2. The van der Waals surface area contributed by atoms with Crippen LogP contribution in [0.25, 0.3) is 0 Å². The van der Waals surface area contributed by atoms with Crippen LogP contribution in [0.15, 0.2) is 0 Å². The van der Waals surface area contributed by atoms with E-state index in [9.17, 15) is 0 Å². The Hall–Kier alpha value is 0. The van der Waals surface area contributed by atoms with Gasteiger partial charge in [0, 0.05) is 0 Å². The van der Waals surface area contributed by atoms with Crippen LogP contribution >= 0.6 is 0 Å². The fourth-order valence-corrected chi connectivity index (χ4v) is 7.09. The fraction of sp³-hybridized carbons (Fsp3) is 1.00. The lowest BCUT2D eigenvalue weighted by atomic mass is 9.64. The van der Waals surface area contributed by atoms with E-state index in [4.69, 9.17) is 0 Å². The van der Waals surface area contributed by atoms with Crippen molar-refractivity contribution in [3.05, 3.63) is 0 Å². The van der Waals surface area contributed by atoms with Crippen molar-refractivity contribution in [2.45, 2.75) is 26.2 Å². The minimum Gasteiger partial charge on any atom is -0.0591 e. The first-order chi connectivity index (χ1) is 5.81. The van der Waals surface area contributed by atoms with Gasteiger partial charge in [0.25, 0.3) is 0 Å². The maximum absolute atomic E-state index is 2.64. The van der Waals surface area contributed by atoms with Crippen molar-refractivity contribution in [3.8, 4) is 0 Å². The minimum atomic E-state index is 0.873. The predicted octanol–water partition coefficient (Wildman–Crippen LogP) is 2.54. The van der Waals surface area contributed by atoms with Crippen LogP contribution in [0.3, 0.4) is 0 Å². The molecule has 0 amide bonds. The molecule has 6 bridgehead atoms. The van der Waals surface area contributed by atoms with E-state index in [1.807, 2.05) is 0 Å². The van der Waals surface area contributed by atoms with Crippen molar-refractivity contribution >= 4 is 0 Å². The van der Waals surface area contributed by atoms with Gasteiger partial charge >= 0.3 is 0 Å². The summed E-state index contributed by atoms with van der Waals surface area (Å²) < 4.78 is 0. The summed E-state index contributed by atoms with van der Waals surface area (Å²) in [5.41, 5.74) is 0.873. The van der Waals surface area contributed by atoms with E-state index in [-0.39, 0.29) is 0 Å². The first kappa shape index (κ1) is 5.67. The molecule has 12 heavy (non-hydrogen) atoms. The highest BCUT2D eigenvalue weighted by molar-refractivity contribution is 5.29. The molecule has 0 aliphatic heterocycles. The standard InChI is InChI=1S/C12H16/c1-12-4-8-6-2-5-7(11(6)12)3-9(12)10(5)8/h5-11H,2-4H2,1H3. The van der Waals surface area contributed by atoms with Crippen LogP contribution in [0.2, 0.25) is 0 Å². The molecular weight excluding hydrogens is 144 g/mol. The molecule has 0 aromatic heterocycles. The molecule has 0 aromatic carbocycles. The van der Waals surface area contributed by atoms with Crippen molar-refractivity contribution < 1.29 is 0 Å². The van der Waals surface area contributed by atoms with Gasteiger partial charge in [0.2, 0.25) is 0 Å². The molecule has 0 heterocycles. The molecule has 0 heteroatoms. The highest BCUT2D eigenvalue weighted by Gasteiger charge is 2.81. The first-order valence-corrected chi connectivity index (χ1v) is 5.81. The van der Waals surface area contributed by atoms with Gasteiger partial charge in [-0.3, -0.25) is 0 Å². The van der Waals surface area contributed by atoms with Gasteiger partial charge in [-0.15, -0.1) is 0 Å². The van der Waals surface area contributed by atoms with Gasteiger partial charge in [-0.2, -0.15) is 0 Å². The Morgan fingerprint density at radius 1 is 1.00 bits per heavy atom. The van der Waals surface area contributed by atoms with E-state index < -0.39 is 0 Å². The zero-order chi connectivity index (χ0) is 7.66. The summed E-state index contributed by atoms with van der Waals surface area (Å²) in [7, 11) is 0. The molecule has 6 aliphatic rings. The van der Waals surface area contributed by atoms with Gasteiger partial charge < -0.3 is 0 Å². The highest BCUT2D eigenvalue weighted by Crippen LogP contribution is 2.87. The van der Waals surface area contributed by atoms with E-state index in [1.165, 1.54) is 41.4 Å². The molecule has 64 valence electrons. The van der Waals surface area contributed by atoms with E-state index in [1.54, 1.807) is 19.3 Å². The van der Waals surface area contributed by atoms with Gasteiger partial charge in [-0.25, -0.2) is 0 Å². The molecule has 0 saturated heterocycles.